The molecule has 0 saturated carbocycles. The van der Waals surface area contributed by atoms with Gasteiger partial charge in [0.25, 0.3) is 5.91 Å². The van der Waals surface area contributed by atoms with E-state index in [0.717, 1.165) is 16.5 Å². The van der Waals surface area contributed by atoms with Crippen LogP contribution in [-0.4, -0.2) is 36.2 Å². The van der Waals surface area contributed by atoms with Crippen molar-refractivity contribution >= 4 is 16.9 Å². The highest BCUT2D eigenvalue weighted by atomic mass is 16.5. The molecule has 1 heterocycles. The summed E-state index contributed by atoms with van der Waals surface area (Å²) in [6.45, 7) is 2.41. The number of aliphatic hydroxyl groups is 1. The predicted molar refractivity (Wildman–Crippen MR) is 95.8 cm³/mol. The van der Waals surface area contributed by atoms with Crippen LogP contribution in [0.15, 0.2) is 52.9 Å². The minimum absolute atomic E-state index is 0.105. The molecule has 0 aliphatic rings. The number of methoxy groups -OCH3 is 1. The van der Waals surface area contributed by atoms with Gasteiger partial charge < -0.3 is 19.2 Å². The number of hydrogen-bond acceptors (Lipinski definition) is 4. The molecule has 0 aliphatic heterocycles. The van der Waals surface area contributed by atoms with Crippen LogP contribution in [-0.2, 0) is 6.54 Å². The number of aryl methyl sites for hydroxylation is 1. The second-order valence-electron chi connectivity index (χ2n) is 5.85. The third kappa shape index (κ3) is 3.51. The summed E-state index contributed by atoms with van der Waals surface area (Å²) < 4.78 is 11.0. The van der Waals surface area contributed by atoms with E-state index in [1.54, 1.807) is 24.1 Å². The summed E-state index contributed by atoms with van der Waals surface area (Å²) in [6, 6.07) is 15.1. The molecule has 1 N–H and O–H groups in total. The molecule has 1 amide bonds. The average molecular weight is 339 g/mol. The molecule has 5 nitrogen and oxygen atoms in total. The van der Waals surface area contributed by atoms with Gasteiger partial charge in [0.1, 0.15) is 11.3 Å². The Labute approximate surface area is 146 Å². The smallest absolute Gasteiger partial charge is 0.290 e. The molecular weight excluding hydrogens is 318 g/mol. The van der Waals surface area contributed by atoms with E-state index >= 15 is 0 Å². The van der Waals surface area contributed by atoms with Crippen molar-refractivity contribution in [3.8, 4) is 5.75 Å². The number of rotatable bonds is 6. The minimum atomic E-state index is -0.231. The number of benzene rings is 2. The Bertz CT molecular complexity index is 870. The van der Waals surface area contributed by atoms with Gasteiger partial charge in [0, 0.05) is 24.0 Å². The first-order valence-electron chi connectivity index (χ1n) is 8.15. The summed E-state index contributed by atoms with van der Waals surface area (Å²) >= 11 is 0. The van der Waals surface area contributed by atoms with Crippen molar-refractivity contribution in [2.24, 2.45) is 0 Å². The molecule has 0 atom stereocenters. The van der Waals surface area contributed by atoms with Crippen molar-refractivity contribution in [1.29, 1.82) is 0 Å². The molecule has 1 aromatic heterocycles. The molecule has 0 saturated heterocycles. The third-order valence-electron chi connectivity index (χ3n) is 4.21. The zero-order valence-corrected chi connectivity index (χ0v) is 14.4. The van der Waals surface area contributed by atoms with Gasteiger partial charge in [0.15, 0.2) is 5.76 Å². The summed E-state index contributed by atoms with van der Waals surface area (Å²) in [5.74, 6) is 0.783. The van der Waals surface area contributed by atoms with Gasteiger partial charge in [-0.05, 0) is 30.7 Å². The van der Waals surface area contributed by atoms with Crippen LogP contribution < -0.4 is 4.74 Å². The van der Waals surface area contributed by atoms with E-state index in [1.165, 1.54) is 0 Å². The van der Waals surface area contributed by atoms with Gasteiger partial charge in [0.2, 0.25) is 0 Å². The Morgan fingerprint density at radius 1 is 1.20 bits per heavy atom. The lowest BCUT2D eigenvalue weighted by Gasteiger charge is -2.21. The van der Waals surface area contributed by atoms with Crippen molar-refractivity contribution < 1.29 is 19.1 Å². The first kappa shape index (κ1) is 17.0. The van der Waals surface area contributed by atoms with E-state index in [0.29, 0.717) is 23.6 Å². The standard InChI is InChI=1S/C20H21NO4/c1-14-17-12-16(24-2)8-9-18(17)25-19(14)20(23)21(10-11-22)13-15-6-4-3-5-7-15/h3-9,12,22H,10-11,13H2,1-2H3. The number of fused-ring (bicyclic) bond motifs is 1. The van der Waals surface area contributed by atoms with E-state index in [-0.39, 0.29) is 19.1 Å². The van der Waals surface area contributed by atoms with Gasteiger partial charge in [-0.3, -0.25) is 4.79 Å². The Kier molecular flexibility index (Phi) is 5.05. The zero-order valence-electron chi connectivity index (χ0n) is 14.4. The lowest BCUT2D eigenvalue weighted by atomic mass is 10.1. The molecule has 0 radical (unpaired) electrons. The molecule has 3 rings (SSSR count). The number of ether oxygens (including phenoxy) is 1. The quantitative estimate of drug-likeness (QED) is 0.748. The summed E-state index contributed by atoms with van der Waals surface area (Å²) in [5.41, 5.74) is 2.42. The number of furan rings is 1. The van der Waals surface area contributed by atoms with E-state index in [9.17, 15) is 9.90 Å². The lowest BCUT2D eigenvalue weighted by Crippen LogP contribution is -2.33. The Hall–Kier alpha value is -2.79. The number of nitrogens with zero attached hydrogens (tertiary/aromatic N) is 1. The van der Waals surface area contributed by atoms with E-state index in [4.69, 9.17) is 9.15 Å². The van der Waals surface area contributed by atoms with Crippen LogP contribution in [0.5, 0.6) is 5.75 Å². The van der Waals surface area contributed by atoms with Crippen LogP contribution in [0.1, 0.15) is 21.7 Å². The molecule has 0 bridgehead atoms. The van der Waals surface area contributed by atoms with Crippen molar-refractivity contribution in [1.82, 2.24) is 4.90 Å². The fraction of sp³-hybridized carbons (Fsp3) is 0.250. The van der Waals surface area contributed by atoms with Gasteiger partial charge in [0.05, 0.1) is 13.7 Å². The normalized spacial score (nSPS) is 10.8. The topological polar surface area (TPSA) is 62.9 Å². The fourth-order valence-corrected chi connectivity index (χ4v) is 2.85. The molecule has 2 aromatic carbocycles. The van der Waals surface area contributed by atoms with Crippen LogP contribution in [0.25, 0.3) is 11.0 Å². The van der Waals surface area contributed by atoms with Crippen LogP contribution in [0.3, 0.4) is 0 Å². The summed E-state index contributed by atoms with van der Waals surface area (Å²) in [5, 5.41) is 10.2. The Morgan fingerprint density at radius 2 is 1.96 bits per heavy atom. The highest BCUT2D eigenvalue weighted by Crippen LogP contribution is 2.29. The molecule has 0 aliphatic carbocycles. The summed E-state index contributed by atoms with van der Waals surface area (Å²) in [6.07, 6.45) is 0. The Balaban J connectivity index is 1.94. The molecule has 0 spiro atoms. The van der Waals surface area contributed by atoms with Gasteiger partial charge in [-0.2, -0.15) is 0 Å². The number of amides is 1. The van der Waals surface area contributed by atoms with E-state index in [2.05, 4.69) is 0 Å². The maximum absolute atomic E-state index is 13.0. The molecule has 3 aromatic rings. The van der Waals surface area contributed by atoms with Crippen LogP contribution in [0, 0.1) is 6.92 Å². The highest BCUT2D eigenvalue weighted by molar-refractivity contribution is 5.99. The largest absolute Gasteiger partial charge is 0.497 e. The number of hydrogen-bond donors (Lipinski definition) is 1. The average Bonchev–Trinajstić information content (AvgIpc) is 2.97. The van der Waals surface area contributed by atoms with Gasteiger partial charge >= 0.3 is 0 Å². The first-order valence-corrected chi connectivity index (χ1v) is 8.15. The molecular formula is C20H21NO4. The van der Waals surface area contributed by atoms with Crippen molar-refractivity contribution in [3.63, 3.8) is 0 Å². The number of aliphatic hydroxyl groups excluding tert-OH is 1. The molecule has 130 valence electrons. The van der Waals surface area contributed by atoms with Crippen LogP contribution >= 0.6 is 0 Å². The molecule has 5 heteroatoms. The predicted octanol–water partition coefficient (Wildman–Crippen LogP) is 3.38. The van der Waals surface area contributed by atoms with Crippen molar-refractivity contribution in [2.45, 2.75) is 13.5 Å². The SMILES string of the molecule is COc1ccc2oc(C(=O)N(CCO)Cc3ccccc3)c(C)c2c1. The van der Waals surface area contributed by atoms with Crippen molar-refractivity contribution in [2.75, 3.05) is 20.3 Å². The summed E-state index contributed by atoms with van der Waals surface area (Å²) in [4.78, 5) is 14.6. The van der Waals surface area contributed by atoms with Crippen molar-refractivity contribution in [3.05, 3.63) is 65.4 Å². The van der Waals surface area contributed by atoms with E-state index in [1.807, 2.05) is 43.3 Å². The Morgan fingerprint density at radius 3 is 2.64 bits per heavy atom. The van der Waals surface area contributed by atoms with E-state index < -0.39 is 0 Å². The highest BCUT2D eigenvalue weighted by Gasteiger charge is 2.23. The van der Waals surface area contributed by atoms with Crippen LogP contribution in [0.2, 0.25) is 0 Å². The molecule has 0 fully saturated rings. The third-order valence-corrected chi connectivity index (χ3v) is 4.21. The first-order chi connectivity index (χ1) is 12.1. The maximum Gasteiger partial charge on any atom is 0.290 e. The fourth-order valence-electron chi connectivity index (χ4n) is 2.85. The molecule has 0 unspecified atom stereocenters. The maximum atomic E-state index is 13.0. The molecule has 25 heavy (non-hydrogen) atoms. The van der Waals surface area contributed by atoms with Crippen LogP contribution in [0.4, 0.5) is 0 Å². The van der Waals surface area contributed by atoms with Gasteiger partial charge in [-0.25, -0.2) is 0 Å². The monoisotopic (exact) mass is 339 g/mol. The second kappa shape index (κ2) is 7.40. The zero-order chi connectivity index (χ0) is 17.8. The second-order valence-corrected chi connectivity index (χ2v) is 5.85. The van der Waals surface area contributed by atoms with Gasteiger partial charge in [-0.1, -0.05) is 30.3 Å². The lowest BCUT2D eigenvalue weighted by molar-refractivity contribution is 0.0677. The summed E-state index contributed by atoms with van der Waals surface area (Å²) in [7, 11) is 1.60. The number of carbonyl (C=O) groups excluding carboxylic acids is 1. The number of carbonyl (C=O) groups is 1. The van der Waals surface area contributed by atoms with Gasteiger partial charge in [-0.15, -0.1) is 0 Å². The minimum Gasteiger partial charge on any atom is -0.497 e.